The van der Waals surface area contributed by atoms with Crippen molar-refractivity contribution in [2.24, 2.45) is 5.41 Å². The fourth-order valence-corrected chi connectivity index (χ4v) is 5.45. The zero-order valence-electron chi connectivity index (χ0n) is 12.9. The quantitative estimate of drug-likeness (QED) is 0.625. The van der Waals surface area contributed by atoms with Gasteiger partial charge >= 0.3 is 8.03 Å². The van der Waals surface area contributed by atoms with Gasteiger partial charge < -0.3 is 8.85 Å². The molecular formula is C15H24ClNO2Si. The molecule has 1 heterocycles. The van der Waals surface area contributed by atoms with Crippen molar-refractivity contribution in [3.05, 3.63) is 35.9 Å². The Labute approximate surface area is 127 Å². The lowest BCUT2D eigenvalue weighted by molar-refractivity contribution is 0.117. The highest BCUT2D eigenvalue weighted by molar-refractivity contribution is 7.11. The number of hydrogen-bond acceptors (Lipinski definition) is 3. The van der Waals surface area contributed by atoms with Crippen molar-refractivity contribution in [2.45, 2.75) is 39.8 Å². The lowest BCUT2D eigenvalue weighted by atomic mass is 9.99. The molecule has 1 aliphatic rings. The molecule has 1 fully saturated rings. The Hall–Kier alpha value is -0.393. The molecule has 0 aromatic heterocycles. The fourth-order valence-electron chi connectivity index (χ4n) is 2.22. The predicted octanol–water partition coefficient (Wildman–Crippen LogP) is 3.82. The molecule has 0 radical (unpaired) electrons. The van der Waals surface area contributed by atoms with Crippen LogP contribution in [-0.2, 0) is 8.85 Å². The highest BCUT2D eigenvalue weighted by Crippen LogP contribution is 2.40. The Morgan fingerprint density at radius 1 is 1.30 bits per heavy atom. The summed E-state index contributed by atoms with van der Waals surface area (Å²) in [6.45, 7) is 9.13. The standard InChI is InChI=1S/C15H24ClNO2Si/c1-12-14(13-9-7-6-8-10-13)19-20(16,17(12)5)18-11-15(2,3)4/h6-10,12,14H,11H2,1-5H3/t12-,14+,20+/m1/s1. The van der Waals surface area contributed by atoms with Crippen molar-refractivity contribution in [1.29, 1.82) is 0 Å². The molecule has 1 aromatic carbocycles. The summed E-state index contributed by atoms with van der Waals surface area (Å²) in [5.41, 5.74) is 1.23. The van der Waals surface area contributed by atoms with E-state index in [0.29, 0.717) is 6.61 Å². The molecule has 1 aliphatic heterocycles. The van der Waals surface area contributed by atoms with Crippen molar-refractivity contribution in [2.75, 3.05) is 13.7 Å². The predicted molar refractivity (Wildman–Crippen MR) is 84.5 cm³/mol. The van der Waals surface area contributed by atoms with E-state index in [9.17, 15) is 0 Å². The summed E-state index contributed by atoms with van der Waals surface area (Å²) in [5, 5.41) is 0. The van der Waals surface area contributed by atoms with Crippen LogP contribution < -0.4 is 0 Å². The first kappa shape index (κ1) is 16.0. The van der Waals surface area contributed by atoms with Crippen molar-refractivity contribution in [3.63, 3.8) is 0 Å². The molecule has 1 aromatic rings. The first-order valence-corrected chi connectivity index (χ1v) is 9.79. The summed E-state index contributed by atoms with van der Waals surface area (Å²) in [7, 11) is -0.807. The van der Waals surface area contributed by atoms with Gasteiger partial charge in [0.15, 0.2) is 0 Å². The molecule has 1 saturated heterocycles. The van der Waals surface area contributed by atoms with Gasteiger partial charge in [-0.25, -0.2) is 0 Å². The molecule has 0 amide bonds. The summed E-state index contributed by atoms with van der Waals surface area (Å²) in [6.07, 6.45) is -0.0228. The summed E-state index contributed by atoms with van der Waals surface area (Å²) in [6, 6.07) is 10.4. The van der Waals surface area contributed by atoms with Gasteiger partial charge in [0.2, 0.25) is 0 Å². The number of nitrogens with zero attached hydrogens (tertiary/aromatic N) is 1. The van der Waals surface area contributed by atoms with E-state index in [1.54, 1.807) is 0 Å². The van der Waals surface area contributed by atoms with Gasteiger partial charge in [-0.3, -0.25) is 4.57 Å². The van der Waals surface area contributed by atoms with Gasteiger partial charge in [-0.05, 0) is 24.9 Å². The van der Waals surface area contributed by atoms with Crippen LogP contribution in [0.4, 0.5) is 0 Å². The van der Waals surface area contributed by atoms with Crippen molar-refractivity contribution in [1.82, 2.24) is 4.57 Å². The first-order valence-electron chi connectivity index (χ1n) is 7.01. The third-order valence-electron chi connectivity index (χ3n) is 3.55. The molecule has 20 heavy (non-hydrogen) atoms. The average molecular weight is 314 g/mol. The number of likely N-dealkylation sites (N-methyl/N-ethyl adjacent to an activating group) is 1. The Bertz CT molecular complexity index is 451. The van der Waals surface area contributed by atoms with E-state index < -0.39 is 8.03 Å². The van der Waals surface area contributed by atoms with Crippen LogP contribution in [0.3, 0.4) is 0 Å². The van der Waals surface area contributed by atoms with Crippen LogP contribution in [0.5, 0.6) is 0 Å². The maximum absolute atomic E-state index is 6.69. The van der Waals surface area contributed by atoms with E-state index in [2.05, 4.69) is 44.4 Å². The SMILES string of the molecule is C[C@@H]1[C@@H](c2ccccc2)O[Si@](Cl)(OCC(C)(C)C)N1C. The highest BCUT2D eigenvalue weighted by atomic mass is 35.6. The smallest absolute Gasteiger partial charge is 0.370 e. The molecule has 5 heteroatoms. The summed E-state index contributed by atoms with van der Waals surface area (Å²) in [5.74, 6) is 0. The second kappa shape index (κ2) is 5.77. The minimum atomic E-state index is -2.80. The average Bonchev–Trinajstić information content (AvgIpc) is 2.62. The number of rotatable bonds is 3. The van der Waals surface area contributed by atoms with Crippen LogP contribution in [0.1, 0.15) is 39.4 Å². The highest BCUT2D eigenvalue weighted by Gasteiger charge is 2.55. The van der Waals surface area contributed by atoms with Crippen LogP contribution in [0.15, 0.2) is 30.3 Å². The van der Waals surface area contributed by atoms with E-state index in [1.165, 1.54) is 0 Å². The molecule has 0 unspecified atom stereocenters. The van der Waals surface area contributed by atoms with Crippen LogP contribution in [-0.4, -0.2) is 32.3 Å². The lowest BCUT2D eigenvalue weighted by Gasteiger charge is -2.29. The third-order valence-corrected chi connectivity index (χ3v) is 7.24. The van der Waals surface area contributed by atoms with Gasteiger partial charge in [0, 0.05) is 12.6 Å². The molecule has 2 rings (SSSR count). The number of benzene rings is 1. The Morgan fingerprint density at radius 2 is 1.90 bits per heavy atom. The van der Waals surface area contributed by atoms with Gasteiger partial charge in [0.05, 0.1) is 6.10 Å². The van der Waals surface area contributed by atoms with Crippen molar-refractivity contribution < 1.29 is 8.85 Å². The van der Waals surface area contributed by atoms with Crippen molar-refractivity contribution in [3.8, 4) is 0 Å². The summed E-state index contributed by atoms with van der Waals surface area (Å²) in [4.78, 5) is 0. The molecule has 3 atom stereocenters. The van der Waals surface area contributed by atoms with E-state index in [0.717, 1.165) is 5.56 Å². The largest absolute Gasteiger partial charge is 0.537 e. The Morgan fingerprint density at radius 3 is 2.45 bits per heavy atom. The summed E-state index contributed by atoms with van der Waals surface area (Å²) < 4.78 is 14.2. The van der Waals surface area contributed by atoms with Crippen LogP contribution in [0.25, 0.3) is 0 Å². The van der Waals surface area contributed by atoms with Gasteiger partial charge in [0.1, 0.15) is 0 Å². The lowest BCUT2D eigenvalue weighted by Crippen LogP contribution is -2.49. The molecule has 0 aliphatic carbocycles. The molecule has 0 bridgehead atoms. The molecule has 0 N–H and O–H groups in total. The zero-order chi connectivity index (χ0) is 15.0. The van der Waals surface area contributed by atoms with Crippen LogP contribution >= 0.6 is 11.1 Å². The molecule has 0 saturated carbocycles. The molecular weight excluding hydrogens is 290 g/mol. The van der Waals surface area contributed by atoms with Gasteiger partial charge in [-0.2, -0.15) is 0 Å². The fraction of sp³-hybridized carbons (Fsp3) is 0.600. The van der Waals surface area contributed by atoms with E-state index in [4.69, 9.17) is 19.9 Å². The van der Waals surface area contributed by atoms with Gasteiger partial charge in [-0.15, -0.1) is 0 Å². The minimum Gasteiger partial charge on any atom is -0.370 e. The Kier molecular flexibility index (Phi) is 4.62. The van der Waals surface area contributed by atoms with Crippen LogP contribution in [0.2, 0.25) is 0 Å². The zero-order valence-corrected chi connectivity index (χ0v) is 14.6. The monoisotopic (exact) mass is 313 g/mol. The van der Waals surface area contributed by atoms with Gasteiger partial charge in [-0.1, -0.05) is 62.2 Å². The normalized spacial score (nSPS) is 31.7. The molecule has 3 nitrogen and oxygen atoms in total. The van der Waals surface area contributed by atoms with E-state index in [-0.39, 0.29) is 17.6 Å². The van der Waals surface area contributed by atoms with Gasteiger partial charge in [0.25, 0.3) is 0 Å². The van der Waals surface area contributed by atoms with E-state index in [1.807, 2.05) is 25.2 Å². The van der Waals surface area contributed by atoms with Crippen LogP contribution in [0, 0.1) is 5.41 Å². The number of hydrogen-bond donors (Lipinski definition) is 0. The topological polar surface area (TPSA) is 21.7 Å². The number of halogens is 1. The molecule has 112 valence electrons. The third kappa shape index (κ3) is 3.43. The second-order valence-electron chi connectivity index (χ2n) is 6.65. The Balaban J connectivity index is 2.14. The second-order valence-corrected chi connectivity index (χ2v) is 10.3. The maximum atomic E-state index is 6.69. The molecule has 0 spiro atoms. The minimum absolute atomic E-state index is 0.0228. The van der Waals surface area contributed by atoms with Crippen molar-refractivity contribution >= 4 is 19.1 Å². The summed E-state index contributed by atoms with van der Waals surface area (Å²) >= 11 is 6.69. The first-order chi connectivity index (χ1) is 9.23. The van der Waals surface area contributed by atoms with E-state index >= 15 is 0 Å². The maximum Gasteiger partial charge on any atom is 0.537 e.